The first-order chi connectivity index (χ1) is 9.19. The van der Waals surface area contributed by atoms with Crippen LogP contribution in [0.5, 0.6) is 5.75 Å². The van der Waals surface area contributed by atoms with Gasteiger partial charge in [-0.1, -0.05) is 22.9 Å². The minimum atomic E-state index is 0.253. The average Bonchev–Trinajstić information content (AvgIpc) is 2.42. The Morgan fingerprint density at radius 2 is 2.26 bits per heavy atom. The van der Waals surface area contributed by atoms with Crippen molar-refractivity contribution in [3.05, 3.63) is 28.2 Å². The Hall–Kier alpha value is -1.05. The summed E-state index contributed by atoms with van der Waals surface area (Å²) in [5, 5.41) is 12.0. The monoisotopic (exact) mass is 324 g/mol. The third kappa shape index (κ3) is 5.63. The molecule has 0 fully saturated rings. The van der Waals surface area contributed by atoms with E-state index in [4.69, 9.17) is 10.00 Å². The molecule has 1 aromatic carbocycles. The summed E-state index contributed by atoms with van der Waals surface area (Å²) in [5.74, 6) is 0.900. The molecule has 1 aromatic rings. The fourth-order valence-corrected chi connectivity index (χ4v) is 2.17. The Morgan fingerprint density at radius 3 is 2.95 bits per heavy atom. The second kappa shape index (κ2) is 8.95. The zero-order valence-electron chi connectivity index (χ0n) is 11.6. The maximum Gasteiger partial charge on any atom is 0.124 e. The summed E-state index contributed by atoms with van der Waals surface area (Å²) in [6, 6.07) is 8.44. The lowest BCUT2D eigenvalue weighted by Crippen LogP contribution is -2.20. The van der Waals surface area contributed by atoms with Crippen molar-refractivity contribution in [3.8, 4) is 11.8 Å². The van der Waals surface area contributed by atoms with Crippen molar-refractivity contribution in [2.75, 3.05) is 13.2 Å². The number of ether oxygens (including phenoxy) is 1. The lowest BCUT2D eigenvalue weighted by Gasteiger charge is -2.18. The van der Waals surface area contributed by atoms with Gasteiger partial charge in [-0.05, 0) is 44.5 Å². The molecule has 0 saturated heterocycles. The van der Waals surface area contributed by atoms with Crippen LogP contribution in [0.3, 0.4) is 0 Å². The van der Waals surface area contributed by atoms with Crippen molar-refractivity contribution < 1.29 is 4.74 Å². The number of halogens is 1. The van der Waals surface area contributed by atoms with Gasteiger partial charge in [-0.25, -0.2) is 0 Å². The van der Waals surface area contributed by atoms with Crippen molar-refractivity contribution in [2.45, 2.75) is 39.2 Å². The van der Waals surface area contributed by atoms with Gasteiger partial charge < -0.3 is 10.1 Å². The molecule has 3 nitrogen and oxygen atoms in total. The van der Waals surface area contributed by atoms with Crippen molar-refractivity contribution >= 4 is 15.9 Å². The molecule has 0 amide bonds. The van der Waals surface area contributed by atoms with Crippen LogP contribution in [-0.4, -0.2) is 13.2 Å². The highest BCUT2D eigenvalue weighted by Crippen LogP contribution is 2.28. The highest BCUT2D eigenvalue weighted by molar-refractivity contribution is 9.10. The number of nitrogens with one attached hydrogen (secondary N) is 1. The quantitative estimate of drug-likeness (QED) is 0.729. The standard InChI is InChI=1S/C15H21BrN2O/c1-3-9-18-12(2)14-11-13(16)6-7-15(14)19-10-5-4-8-17/h6-7,11-12,18H,3-5,9-10H2,1-2H3. The Kier molecular flexibility index (Phi) is 7.54. The van der Waals surface area contributed by atoms with Gasteiger partial charge in [-0.2, -0.15) is 5.26 Å². The molecule has 0 aliphatic rings. The molecule has 0 heterocycles. The van der Waals surface area contributed by atoms with Gasteiger partial charge in [-0.3, -0.25) is 0 Å². The number of rotatable bonds is 8. The van der Waals surface area contributed by atoms with Crippen LogP contribution in [-0.2, 0) is 0 Å². The molecule has 19 heavy (non-hydrogen) atoms. The van der Waals surface area contributed by atoms with Gasteiger partial charge in [0, 0.05) is 22.5 Å². The molecule has 0 saturated carbocycles. The molecule has 0 aromatic heterocycles. The summed E-state index contributed by atoms with van der Waals surface area (Å²) in [5.41, 5.74) is 1.15. The summed E-state index contributed by atoms with van der Waals surface area (Å²) in [4.78, 5) is 0. The molecule has 4 heteroatoms. The number of hydrogen-bond donors (Lipinski definition) is 1. The maximum atomic E-state index is 8.52. The summed E-state index contributed by atoms with van der Waals surface area (Å²) in [6.45, 7) is 5.86. The van der Waals surface area contributed by atoms with Gasteiger partial charge in [0.1, 0.15) is 5.75 Å². The van der Waals surface area contributed by atoms with E-state index in [1.54, 1.807) is 0 Å². The zero-order chi connectivity index (χ0) is 14.1. The van der Waals surface area contributed by atoms with Crippen LogP contribution in [0.1, 0.15) is 44.7 Å². The van der Waals surface area contributed by atoms with E-state index < -0.39 is 0 Å². The van der Waals surface area contributed by atoms with Crippen molar-refractivity contribution in [2.24, 2.45) is 0 Å². The molecule has 104 valence electrons. The Balaban J connectivity index is 2.71. The minimum Gasteiger partial charge on any atom is -0.493 e. The first kappa shape index (κ1) is 16.0. The SMILES string of the molecule is CCCNC(C)c1cc(Br)ccc1OCCCC#N. The van der Waals surface area contributed by atoms with E-state index in [0.29, 0.717) is 13.0 Å². The Labute approximate surface area is 124 Å². The van der Waals surface area contributed by atoms with Crippen LogP contribution in [0.15, 0.2) is 22.7 Å². The fraction of sp³-hybridized carbons (Fsp3) is 0.533. The molecule has 0 radical (unpaired) electrons. The second-order valence-electron chi connectivity index (χ2n) is 4.47. The predicted octanol–water partition coefficient (Wildman–Crippen LogP) is 4.19. The largest absolute Gasteiger partial charge is 0.493 e. The molecule has 0 aliphatic heterocycles. The lowest BCUT2D eigenvalue weighted by atomic mass is 10.1. The molecular formula is C15H21BrN2O. The Morgan fingerprint density at radius 1 is 1.47 bits per heavy atom. The van der Waals surface area contributed by atoms with Crippen LogP contribution in [0.2, 0.25) is 0 Å². The Bertz CT molecular complexity index is 429. The summed E-state index contributed by atoms with van der Waals surface area (Å²) < 4.78 is 6.84. The maximum absolute atomic E-state index is 8.52. The van der Waals surface area contributed by atoms with Gasteiger partial charge in [0.25, 0.3) is 0 Å². The number of hydrogen-bond acceptors (Lipinski definition) is 3. The van der Waals surface area contributed by atoms with E-state index in [9.17, 15) is 0 Å². The number of nitrogens with zero attached hydrogens (tertiary/aromatic N) is 1. The van der Waals surface area contributed by atoms with Crippen LogP contribution >= 0.6 is 15.9 Å². The van der Waals surface area contributed by atoms with E-state index in [2.05, 4.69) is 47.2 Å². The average molecular weight is 325 g/mol. The third-order valence-corrected chi connectivity index (χ3v) is 3.32. The molecule has 1 atom stereocenters. The normalized spacial score (nSPS) is 11.9. The summed E-state index contributed by atoms with van der Waals surface area (Å²) in [7, 11) is 0. The highest BCUT2D eigenvalue weighted by Gasteiger charge is 2.11. The lowest BCUT2D eigenvalue weighted by molar-refractivity contribution is 0.306. The molecule has 1 rings (SSSR count). The smallest absolute Gasteiger partial charge is 0.124 e. The predicted molar refractivity (Wildman–Crippen MR) is 81.2 cm³/mol. The number of nitriles is 1. The first-order valence-electron chi connectivity index (χ1n) is 6.71. The molecule has 0 aliphatic carbocycles. The zero-order valence-corrected chi connectivity index (χ0v) is 13.2. The molecule has 0 spiro atoms. The van der Waals surface area contributed by atoms with Gasteiger partial charge >= 0.3 is 0 Å². The minimum absolute atomic E-state index is 0.253. The van der Waals surface area contributed by atoms with E-state index >= 15 is 0 Å². The molecule has 0 bridgehead atoms. The van der Waals surface area contributed by atoms with E-state index in [0.717, 1.165) is 35.2 Å². The van der Waals surface area contributed by atoms with Gasteiger partial charge in [0.2, 0.25) is 0 Å². The van der Waals surface area contributed by atoms with Crippen LogP contribution in [0.4, 0.5) is 0 Å². The molecular weight excluding hydrogens is 304 g/mol. The van der Waals surface area contributed by atoms with Crippen LogP contribution < -0.4 is 10.1 Å². The van der Waals surface area contributed by atoms with Crippen LogP contribution in [0, 0.1) is 11.3 Å². The van der Waals surface area contributed by atoms with E-state index in [-0.39, 0.29) is 6.04 Å². The van der Waals surface area contributed by atoms with Gasteiger partial charge in [-0.15, -0.1) is 0 Å². The first-order valence-corrected chi connectivity index (χ1v) is 7.51. The topological polar surface area (TPSA) is 45.0 Å². The second-order valence-corrected chi connectivity index (χ2v) is 5.38. The van der Waals surface area contributed by atoms with Crippen LogP contribution in [0.25, 0.3) is 0 Å². The van der Waals surface area contributed by atoms with Crippen molar-refractivity contribution in [1.82, 2.24) is 5.32 Å². The molecule has 1 unspecified atom stereocenters. The van der Waals surface area contributed by atoms with E-state index in [1.807, 2.05) is 12.1 Å². The van der Waals surface area contributed by atoms with Gasteiger partial charge in [0.05, 0.1) is 12.7 Å². The molecule has 1 N–H and O–H groups in total. The van der Waals surface area contributed by atoms with Gasteiger partial charge in [0.15, 0.2) is 0 Å². The van der Waals surface area contributed by atoms with Crippen molar-refractivity contribution in [3.63, 3.8) is 0 Å². The highest BCUT2D eigenvalue weighted by atomic mass is 79.9. The summed E-state index contributed by atoms with van der Waals surface area (Å²) >= 11 is 3.50. The third-order valence-electron chi connectivity index (χ3n) is 2.83. The van der Waals surface area contributed by atoms with E-state index in [1.165, 1.54) is 0 Å². The summed E-state index contributed by atoms with van der Waals surface area (Å²) in [6.07, 6.45) is 2.41. The number of benzene rings is 1. The van der Waals surface area contributed by atoms with Crippen molar-refractivity contribution in [1.29, 1.82) is 5.26 Å². The number of unbranched alkanes of at least 4 members (excludes halogenated alkanes) is 1. The fourth-order valence-electron chi connectivity index (χ4n) is 1.79.